The van der Waals surface area contributed by atoms with Gasteiger partial charge in [0.2, 0.25) is 5.75 Å². The van der Waals surface area contributed by atoms with Crippen LogP contribution in [0.15, 0.2) is 30.3 Å². The molecule has 2 rings (SSSR count). The van der Waals surface area contributed by atoms with Crippen LogP contribution in [-0.2, 0) is 4.74 Å². The van der Waals surface area contributed by atoms with Crippen LogP contribution in [0.25, 0.3) is 0 Å². The average molecular weight is 391 g/mol. The molecular weight excluding hydrogens is 366 g/mol. The van der Waals surface area contributed by atoms with Crippen molar-refractivity contribution in [1.82, 2.24) is 5.32 Å². The maximum Gasteiger partial charge on any atom is 0.255 e. The second-order valence-electron chi connectivity index (χ2n) is 5.71. The Morgan fingerprint density at radius 3 is 2.18 bits per heavy atom. The Morgan fingerprint density at radius 1 is 1.04 bits per heavy atom. The Morgan fingerprint density at radius 2 is 1.68 bits per heavy atom. The SMILES string of the molecule is CNC(=O)c1c(OCOC)cccc1C(O)c1cc(OC)c(OC)c(OC)c1. The fraction of sp³-hybridized carbons (Fsp3) is 0.350. The van der Waals surface area contributed by atoms with Gasteiger partial charge in [0.15, 0.2) is 18.3 Å². The molecule has 1 atom stereocenters. The van der Waals surface area contributed by atoms with Gasteiger partial charge in [-0.2, -0.15) is 0 Å². The maximum atomic E-state index is 12.5. The van der Waals surface area contributed by atoms with Crippen LogP contribution < -0.4 is 24.3 Å². The quantitative estimate of drug-likeness (QED) is 0.632. The van der Waals surface area contributed by atoms with E-state index in [1.165, 1.54) is 35.5 Å². The lowest BCUT2D eigenvalue weighted by molar-refractivity contribution is 0.0498. The zero-order chi connectivity index (χ0) is 20.7. The lowest BCUT2D eigenvalue weighted by atomic mass is 9.95. The smallest absolute Gasteiger partial charge is 0.255 e. The number of rotatable bonds is 9. The van der Waals surface area contributed by atoms with Crippen LogP contribution in [0.2, 0.25) is 0 Å². The molecule has 0 saturated heterocycles. The van der Waals surface area contributed by atoms with Crippen LogP contribution in [0.4, 0.5) is 0 Å². The predicted molar refractivity (Wildman–Crippen MR) is 102 cm³/mol. The summed E-state index contributed by atoms with van der Waals surface area (Å²) in [6, 6.07) is 8.23. The van der Waals surface area contributed by atoms with Gasteiger partial charge in [0, 0.05) is 19.7 Å². The molecule has 0 aromatic heterocycles. The van der Waals surface area contributed by atoms with E-state index in [0.29, 0.717) is 34.1 Å². The largest absolute Gasteiger partial charge is 0.493 e. The molecule has 8 nitrogen and oxygen atoms in total. The van der Waals surface area contributed by atoms with Crippen LogP contribution in [0, 0.1) is 0 Å². The number of nitrogens with one attached hydrogen (secondary N) is 1. The lowest BCUT2D eigenvalue weighted by Crippen LogP contribution is -2.22. The maximum absolute atomic E-state index is 12.5. The van der Waals surface area contributed by atoms with Crippen molar-refractivity contribution in [1.29, 1.82) is 0 Å². The summed E-state index contributed by atoms with van der Waals surface area (Å²) in [4.78, 5) is 12.5. The van der Waals surface area contributed by atoms with Gasteiger partial charge in [0.25, 0.3) is 5.91 Å². The fourth-order valence-electron chi connectivity index (χ4n) is 2.83. The number of hydrogen-bond acceptors (Lipinski definition) is 7. The number of methoxy groups -OCH3 is 4. The second-order valence-corrected chi connectivity index (χ2v) is 5.71. The summed E-state index contributed by atoms with van der Waals surface area (Å²) in [7, 11) is 7.46. The minimum atomic E-state index is -1.15. The van der Waals surface area contributed by atoms with E-state index in [2.05, 4.69) is 5.32 Å². The number of aliphatic hydroxyl groups is 1. The summed E-state index contributed by atoms with van der Waals surface area (Å²) in [6.45, 7) is -0.0340. The molecular formula is C20H25NO7. The van der Waals surface area contributed by atoms with Crippen molar-refractivity contribution in [2.75, 3.05) is 42.3 Å². The molecule has 0 bridgehead atoms. The molecule has 152 valence electrons. The molecule has 0 aliphatic rings. The Labute approximate surface area is 163 Å². The van der Waals surface area contributed by atoms with Gasteiger partial charge in [-0.1, -0.05) is 12.1 Å². The normalized spacial score (nSPS) is 11.5. The van der Waals surface area contributed by atoms with E-state index in [1.54, 1.807) is 30.3 Å². The van der Waals surface area contributed by atoms with Crippen molar-refractivity contribution in [3.63, 3.8) is 0 Å². The van der Waals surface area contributed by atoms with Crippen LogP contribution in [-0.4, -0.2) is 53.3 Å². The van der Waals surface area contributed by atoms with E-state index < -0.39 is 12.0 Å². The third kappa shape index (κ3) is 4.29. The molecule has 2 aromatic rings. The first-order valence-corrected chi connectivity index (χ1v) is 8.47. The first kappa shape index (κ1) is 21.3. The number of carbonyl (C=O) groups excluding carboxylic acids is 1. The molecule has 2 N–H and O–H groups in total. The van der Waals surface area contributed by atoms with Gasteiger partial charge in [-0.05, 0) is 23.8 Å². The fourth-order valence-corrected chi connectivity index (χ4v) is 2.83. The van der Waals surface area contributed by atoms with Crippen molar-refractivity contribution >= 4 is 5.91 Å². The molecule has 0 aliphatic heterocycles. The Hall–Kier alpha value is -2.97. The van der Waals surface area contributed by atoms with Crippen LogP contribution in [0.5, 0.6) is 23.0 Å². The monoisotopic (exact) mass is 391 g/mol. The molecule has 1 amide bonds. The minimum absolute atomic E-state index is 0.0340. The van der Waals surface area contributed by atoms with Gasteiger partial charge in [-0.3, -0.25) is 4.79 Å². The van der Waals surface area contributed by atoms with Crippen LogP contribution in [0.3, 0.4) is 0 Å². The van der Waals surface area contributed by atoms with Crippen molar-refractivity contribution in [2.45, 2.75) is 6.10 Å². The van der Waals surface area contributed by atoms with Crippen molar-refractivity contribution in [3.8, 4) is 23.0 Å². The predicted octanol–water partition coefficient (Wildman–Crippen LogP) is 2.14. The number of ether oxygens (including phenoxy) is 5. The molecule has 0 heterocycles. The molecule has 2 aromatic carbocycles. The zero-order valence-corrected chi connectivity index (χ0v) is 16.6. The molecule has 0 radical (unpaired) electrons. The summed E-state index contributed by atoms with van der Waals surface area (Å²) in [5, 5.41) is 13.6. The summed E-state index contributed by atoms with van der Waals surface area (Å²) < 4.78 is 26.4. The number of benzene rings is 2. The summed E-state index contributed by atoms with van der Waals surface area (Å²) in [6.07, 6.45) is -1.15. The van der Waals surface area contributed by atoms with E-state index >= 15 is 0 Å². The second kappa shape index (κ2) is 9.82. The van der Waals surface area contributed by atoms with Gasteiger partial charge >= 0.3 is 0 Å². The molecule has 0 saturated carbocycles. The number of aliphatic hydroxyl groups excluding tert-OH is 1. The van der Waals surface area contributed by atoms with Crippen LogP contribution >= 0.6 is 0 Å². The van der Waals surface area contributed by atoms with Crippen molar-refractivity contribution in [3.05, 3.63) is 47.0 Å². The zero-order valence-electron chi connectivity index (χ0n) is 16.6. The highest BCUT2D eigenvalue weighted by Crippen LogP contribution is 2.41. The van der Waals surface area contributed by atoms with E-state index in [1.807, 2.05) is 0 Å². The van der Waals surface area contributed by atoms with Gasteiger partial charge in [-0.15, -0.1) is 0 Å². The highest BCUT2D eigenvalue weighted by atomic mass is 16.7. The Balaban J connectivity index is 2.60. The summed E-state index contributed by atoms with van der Waals surface area (Å²) >= 11 is 0. The van der Waals surface area contributed by atoms with Crippen molar-refractivity contribution in [2.24, 2.45) is 0 Å². The lowest BCUT2D eigenvalue weighted by Gasteiger charge is -2.20. The third-order valence-electron chi connectivity index (χ3n) is 4.14. The molecule has 28 heavy (non-hydrogen) atoms. The Kier molecular flexibility index (Phi) is 7.48. The molecule has 0 spiro atoms. The van der Waals surface area contributed by atoms with E-state index in [-0.39, 0.29) is 12.4 Å². The number of hydrogen-bond donors (Lipinski definition) is 2. The molecule has 0 aliphatic carbocycles. The highest BCUT2D eigenvalue weighted by molar-refractivity contribution is 5.98. The third-order valence-corrected chi connectivity index (χ3v) is 4.14. The molecule has 8 heteroatoms. The average Bonchev–Trinajstić information content (AvgIpc) is 2.74. The Bertz CT molecular complexity index is 797. The minimum Gasteiger partial charge on any atom is -0.493 e. The van der Waals surface area contributed by atoms with Crippen LogP contribution in [0.1, 0.15) is 27.6 Å². The molecule has 0 fully saturated rings. The van der Waals surface area contributed by atoms with E-state index in [9.17, 15) is 9.90 Å². The van der Waals surface area contributed by atoms with Gasteiger partial charge in [0.1, 0.15) is 11.9 Å². The summed E-state index contributed by atoms with van der Waals surface area (Å²) in [5.41, 5.74) is 1.04. The van der Waals surface area contributed by atoms with E-state index in [0.717, 1.165) is 0 Å². The topological polar surface area (TPSA) is 95.5 Å². The standard InChI is InChI=1S/C20H25NO7/c1-21-20(23)17-13(7-6-8-14(17)28-11-24-2)18(22)12-9-15(25-3)19(27-5)16(10-12)26-4/h6-10,18,22H,11H2,1-5H3,(H,21,23). The van der Waals surface area contributed by atoms with Gasteiger partial charge in [0.05, 0.1) is 26.9 Å². The highest BCUT2D eigenvalue weighted by Gasteiger charge is 2.25. The van der Waals surface area contributed by atoms with Crippen molar-refractivity contribution < 1.29 is 33.6 Å². The van der Waals surface area contributed by atoms with Gasteiger partial charge < -0.3 is 34.1 Å². The van der Waals surface area contributed by atoms with Gasteiger partial charge in [-0.25, -0.2) is 0 Å². The number of carbonyl (C=O) groups is 1. The first-order valence-electron chi connectivity index (χ1n) is 8.47. The number of amides is 1. The summed E-state index contributed by atoms with van der Waals surface area (Å²) in [5.74, 6) is 1.09. The molecule has 1 unspecified atom stereocenters. The first-order chi connectivity index (χ1) is 13.5. The van der Waals surface area contributed by atoms with E-state index in [4.69, 9.17) is 23.7 Å².